The highest BCUT2D eigenvalue weighted by Crippen LogP contribution is 2.54. The monoisotopic (exact) mass is 382 g/mol. The molecule has 0 aromatic rings. The molecule has 0 aromatic heterocycles. The third kappa shape index (κ3) is 2.62. The minimum Gasteiger partial charge on any atom is -0.468 e. The summed E-state index contributed by atoms with van der Waals surface area (Å²) < 4.78 is 10.6. The van der Waals surface area contributed by atoms with Gasteiger partial charge in [0.15, 0.2) is 5.41 Å². The van der Waals surface area contributed by atoms with Crippen molar-refractivity contribution in [3.05, 3.63) is 0 Å². The van der Waals surface area contributed by atoms with Crippen molar-refractivity contribution in [2.75, 3.05) is 18.6 Å². The van der Waals surface area contributed by atoms with E-state index in [1.807, 2.05) is 0 Å². The predicted molar refractivity (Wildman–Crippen MR) is 81.0 cm³/mol. The molecule has 0 radical (unpaired) electrons. The van der Waals surface area contributed by atoms with Gasteiger partial charge in [0.2, 0.25) is 0 Å². The van der Waals surface area contributed by atoms with Crippen LogP contribution in [-0.4, -0.2) is 30.6 Å². The maximum atomic E-state index is 12.3. The van der Waals surface area contributed by atoms with Crippen molar-refractivity contribution in [2.45, 2.75) is 33.1 Å². The van der Waals surface area contributed by atoms with Crippen molar-refractivity contribution < 1.29 is 19.1 Å². The Morgan fingerprint density at radius 2 is 1.68 bits per heavy atom. The molecule has 1 aliphatic rings. The third-order valence-electron chi connectivity index (χ3n) is 4.60. The normalized spacial score (nSPS) is 29.0. The van der Waals surface area contributed by atoms with Crippen molar-refractivity contribution >= 4 is 34.5 Å². The van der Waals surface area contributed by atoms with E-state index in [-0.39, 0.29) is 5.92 Å². The molecule has 0 saturated heterocycles. The van der Waals surface area contributed by atoms with Gasteiger partial charge in [-0.15, -0.1) is 0 Å². The zero-order chi connectivity index (χ0) is 14.6. The molecule has 0 amide bonds. The summed E-state index contributed by atoms with van der Waals surface area (Å²) in [6.07, 6.45) is 2.50. The summed E-state index contributed by atoms with van der Waals surface area (Å²) in [5, 5.41) is 0. The molecule has 0 aliphatic heterocycles. The number of halogens is 1. The largest absolute Gasteiger partial charge is 0.468 e. The second kappa shape index (κ2) is 6.90. The van der Waals surface area contributed by atoms with Gasteiger partial charge < -0.3 is 9.47 Å². The first kappa shape index (κ1) is 16.7. The molecule has 5 heteroatoms. The quantitative estimate of drug-likeness (QED) is 0.318. The molecular weight excluding hydrogens is 359 g/mol. The zero-order valence-electron chi connectivity index (χ0n) is 12.1. The lowest BCUT2D eigenvalue weighted by Gasteiger charge is -2.31. The molecule has 110 valence electrons. The average Bonchev–Trinajstić information content (AvgIpc) is 2.79. The first-order valence-corrected chi connectivity index (χ1v) is 8.28. The Bertz CT molecular complexity index is 326. The summed E-state index contributed by atoms with van der Waals surface area (Å²) >= 11 is 2.26. The Morgan fingerprint density at radius 1 is 1.16 bits per heavy atom. The van der Waals surface area contributed by atoms with Crippen LogP contribution in [0.5, 0.6) is 0 Å². The lowest BCUT2D eigenvalue weighted by molar-refractivity contribution is -0.172. The highest BCUT2D eigenvalue weighted by Gasteiger charge is 2.62. The van der Waals surface area contributed by atoms with Crippen LogP contribution in [0, 0.1) is 23.2 Å². The molecule has 1 fully saturated rings. The molecule has 3 atom stereocenters. The van der Waals surface area contributed by atoms with E-state index >= 15 is 0 Å². The first-order valence-electron chi connectivity index (χ1n) is 6.76. The van der Waals surface area contributed by atoms with Crippen LogP contribution in [-0.2, 0) is 19.1 Å². The predicted octanol–water partition coefficient (Wildman–Crippen LogP) is 2.83. The van der Waals surface area contributed by atoms with Crippen LogP contribution in [0.3, 0.4) is 0 Å². The smallest absolute Gasteiger partial charge is 0.323 e. The van der Waals surface area contributed by atoms with E-state index in [4.69, 9.17) is 9.47 Å². The van der Waals surface area contributed by atoms with Gasteiger partial charge in [0.25, 0.3) is 0 Å². The lowest BCUT2D eigenvalue weighted by atomic mass is 9.75. The number of hydrogen-bond acceptors (Lipinski definition) is 4. The topological polar surface area (TPSA) is 52.6 Å². The second-order valence-corrected chi connectivity index (χ2v) is 6.04. The van der Waals surface area contributed by atoms with E-state index in [1.165, 1.54) is 14.2 Å². The summed E-state index contributed by atoms with van der Waals surface area (Å²) in [7, 11) is 2.69. The van der Waals surface area contributed by atoms with E-state index in [9.17, 15) is 9.59 Å². The van der Waals surface area contributed by atoms with Crippen molar-refractivity contribution in [1.82, 2.24) is 0 Å². The SMILES string of the molecule is CCC1CC(C(=O)OC)(C(=O)OC)C(CI)C1CC. The van der Waals surface area contributed by atoms with Crippen molar-refractivity contribution in [3.8, 4) is 0 Å². The number of ether oxygens (including phenoxy) is 2. The Hall–Kier alpha value is -0.330. The van der Waals surface area contributed by atoms with Gasteiger partial charge in [-0.05, 0) is 24.2 Å². The van der Waals surface area contributed by atoms with E-state index in [0.29, 0.717) is 18.3 Å². The van der Waals surface area contributed by atoms with Gasteiger partial charge in [-0.1, -0.05) is 49.3 Å². The number of esters is 2. The highest BCUT2D eigenvalue weighted by molar-refractivity contribution is 14.1. The van der Waals surface area contributed by atoms with Crippen LogP contribution < -0.4 is 0 Å². The molecular formula is C14H23IO4. The molecule has 0 bridgehead atoms. The first-order chi connectivity index (χ1) is 9.03. The lowest BCUT2D eigenvalue weighted by Crippen LogP contribution is -2.46. The fourth-order valence-corrected chi connectivity index (χ4v) is 5.04. The van der Waals surface area contributed by atoms with Gasteiger partial charge in [-0.25, -0.2) is 0 Å². The van der Waals surface area contributed by atoms with Gasteiger partial charge in [0.05, 0.1) is 14.2 Å². The molecule has 19 heavy (non-hydrogen) atoms. The summed E-state index contributed by atoms with van der Waals surface area (Å²) in [6, 6.07) is 0. The van der Waals surface area contributed by atoms with Gasteiger partial charge in [-0.3, -0.25) is 9.59 Å². The van der Waals surface area contributed by atoms with E-state index in [1.54, 1.807) is 0 Å². The summed E-state index contributed by atoms with van der Waals surface area (Å²) in [4.78, 5) is 24.6. The van der Waals surface area contributed by atoms with Crippen LogP contribution >= 0.6 is 22.6 Å². The maximum Gasteiger partial charge on any atom is 0.323 e. The summed E-state index contributed by atoms with van der Waals surface area (Å²) in [6.45, 7) is 4.24. The van der Waals surface area contributed by atoms with E-state index in [0.717, 1.165) is 17.3 Å². The van der Waals surface area contributed by atoms with Gasteiger partial charge in [0, 0.05) is 4.43 Å². The number of alkyl halides is 1. The van der Waals surface area contributed by atoms with Gasteiger partial charge in [-0.2, -0.15) is 0 Å². The maximum absolute atomic E-state index is 12.3. The van der Waals surface area contributed by atoms with Crippen LogP contribution in [0.25, 0.3) is 0 Å². The molecule has 1 rings (SSSR count). The summed E-state index contributed by atoms with van der Waals surface area (Å²) in [5.74, 6) is -0.114. The summed E-state index contributed by atoms with van der Waals surface area (Å²) in [5.41, 5.74) is -1.11. The standard InChI is InChI=1S/C14H23IO4/c1-5-9-7-14(12(16)18-3,13(17)19-4)11(8-15)10(9)6-2/h9-11H,5-8H2,1-4H3. The van der Waals surface area contributed by atoms with Gasteiger partial charge >= 0.3 is 11.9 Å². The number of rotatable bonds is 5. The third-order valence-corrected chi connectivity index (χ3v) is 5.55. The fourth-order valence-electron chi connectivity index (χ4n) is 3.64. The minimum atomic E-state index is -1.11. The Morgan fingerprint density at radius 3 is 2.00 bits per heavy atom. The Balaban J connectivity index is 3.28. The van der Waals surface area contributed by atoms with E-state index in [2.05, 4.69) is 36.4 Å². The fraction of sp³-hybridized carbons (Fsp3) is 0.857. The molecule has 1 saturated carbocycles. The minimum absolute atomic E-state index is 0.00273. The second-order valence-electron chi connectivity index (χ2n) is 5.16. The number of methoxy groups -OCH3 is 2. The van der Waals surface area contributed by atoms with E-state index < -0.39 is 17.4 Å². The Labute approximate surface area is 128 Å². The molecule has 4 nitrogen and oxygen atoms in total. The molecule has 1 aliphatic carbocycles. The van der Waals surface area contributed by atoms with Crippen LogP contribution in [0.4, 0.5) is 0 Å². The molecule has 0 aromatic carbocycles. The number of carbonyl (C=O) groups excluding carboxylic acids is 2. The highest BCUT2D eigenvalue weighted by atomic mass is 127. The van der Waals surface area contributed by atoms with Gasteiger partial charge in [0.1, 0.15) is 0 Å². The Kier molecular flexibility index (Phi) is 6.08. The van der Waals surface area contributed by atoms with Crippen molar-refractivity contribution in [3.63, 3.8) is 0 Å². The molecule has 0 N–H and O–H groups in total. The number of hydrogen-bond donors (Lipinski definition) is 0. The van der Waals surface area contributed by atoms with Crippen LogP contribution in [0.2, 0.25) is 0 Å². The van der Waals surface area contributed by atoms with Crippen molar-refractivity contribution in [2.24, 2.45) is 23.2 Å². The number of carbonyl (C=O) groups is 2. The zero-order valence-corrected chi connectivity index (χ0v) is 14.2. The van der Waals surface area contributed by atoms with Crippen molar-refractivity contribution in [1.29, 1.82) is 0 Å². The van der Waals surface area contributed by atoms with Crippen LogP contribution in [0.1, 0.15) is 33.1 Å². The average molecular weight is 382 g/mol. The molecule has 0 spiro atoms. The van der Waals surface area contributed by atoms with Crippen LogP contribution in [0.15, 0.2) is 0 Å². The molecule has 3 unspecified atom stereocenters. The molecule has 0 heterocycles.